The van der Waals surface area contributed by atoms with E-state index in [2.05, 4.69) is 25.8 Å². The summed E-state index contributed by atoms with van der Waals surface area (Å²) >= 11 is 1.34. The summed E-state index contributed by atoms with van der Waals surface area (Å²) in [6.45, 7) is 0. The lowest BCUT2D eigenvalue weighted by molar-refractivity contribution is 0.988. The first-order chi connectivity index (χ1) is 6.92. The molecule has 0 bridgehead atoms. The number of thioether (sulfide) groups is 1. The zero-order valence-electron chi connectivity index (χ0n) is 7.06. The van der Waals surface area contributed by atoms with Crippen molar-refractivity contribution in [1.29, 1.82) is 5.26 Å². The molecule has 1 aromatic rings. The fraction of sp³-hybridized carbons (Fsp3) is 0.143. The molecule has 2 N–H and O–H groups in total. The molecule has 0 aliphatic carbocycles. The average Bonchev–Trinajstić information content (AvgIpc) is 2.26. The molecular weight excluding hydrogens is 200 g/mol. The van der Waals surface area contributed by atoms with Gasteiger partial charge >= 0.3 is 0 Å². The molecule has 0 amide bonds. The number of nitriles is 1. The van der Waals surface area contributed by atoms with E-state index in [0.717, 1.165) is 0 Å². The van der Waals surface area contributed by atoms with Gasteiger partial charge in [-0.25, -0.2) is 15.0 Å². The van der Waals surface area contributed by atoms with E-state index < -0.39 is 0 Å². The number of aromatic nitrogens is 2. The van der Waals surface area contributed by atoms with Crippen molar-refractivity contribution in [3.63, 3.8) is 0 Å². The Hall–Kier alpha value is -1.81. The number of hydrogen-bond acceptors (Lipinski definition) is 7. The molecule has 70 valence electrons. The van der Waals surface area contributed by atoms with Gasteiger partial charge in [-0.1, -0.05) is 11.8 Å². The maximum atomic E-state index is 8.45. The molecule has 0 fully saturated rings. The molecule has 0 saturated carbocycles. The Morgan fingerprint density at radius 1 is 1.50 bits per heavy atom. The third kappa shape index (κ3) is 1.60. The molecule has 1 aliphatic heterocycles. The van der Waals surface area contributed by atoms with Crippen molar-refractivity contribution in [1.82, 2.24) is 15.4 Å². The Bertz CT molecular complexity index is 409. The van der Waals surface area contributed by atoms with Crippen LogP contribution in [0.1, 0.15) is 0 Å². The smallest absolute Gasteiger partial charge is 0.175 e. The van der Waals surface area contributed by atoms with Crippen LogP contribution in [0.15, 0.2) is 16.3 Å². The highest BCUT2D eigenvalue weighted by atomic mass is 32.2. The fourth-order valence-electron chi connectivity index (χ4n) is 0.974. The van der Waals surface area contributed by atoms with Crippen LogP contribution in [-0.2, 0) is 0 Å². The molecule has 2 rings (SSSR count). The number of nitrogens with zero attached hydrogens (tertiary/aromatic N) is 4. The van der Waals surface area contributed by atoms with Gasteiger partial charge in [-0.2, -0.15) is 5.26 Å². The highest BCUT2D eigenvalue weighted by molar-refractivity contribution is 7.99. The Morgan fingerprint density at radius 2 is 2.43 bits per heavy atom. The average molecular weight is 206 g/mol. The molecule has 6 nitrogen and oxygen atoms in total. The topological polar surface area (TPSA) is 86.0 Å². The SMILES string of the molecule is N#CCSc1ncnc2c1N=CNN2. The molecule has 1 aliphatic rings. The molecule has 0 atom stereocenters. The van der Waals surface area contributed by atoms with E-state index in [0.29, 0.717) is 22.3 Å². The van der Waals surface area contributed by atoms with E-state index in [1.807, 2.05) is 6.07 Å². The maximum Gasteiger partial charge on any atom is 0.175 e. The van der Waals surface area contributed by atoms with E-state index in [1.165, 1.54) is 24.4 Å². The van der Waals surface area contributed by atoms with Crippen molar-refractivity contribution in [2.45, 2.75) is 5.03 Å². The quantitative estimate of drug-likeness (QED) is 0.546. The Kier molecular flexibility index (Phi) is 2.46. The lowest BCUT2D eigenvalue weighted by atomic mass is 10.5. The second-order valence-corrected chi connectivity index (χ2v) is 3.31. The fourth-order valence-corrected chi connectivity index (χ4v) is 1.58. The highest BCUT2D eigenvalue weighted by Crippen LogP contribution is 2.32. The van der Waals surface area contributed by atoms with Crippen LogP contribution in [0.25, 0.3) is 0 Å². The normalized spacial score (nSPS) is 12.2. The van der Waals surface area contributed by atoms with Gasteiger partial charge in [0.15, 0.2) is 5.82 Å². The minimum absolute atomic E-state index is 0.354. The summed E-state index contributed by atoms with van der Waals surface area (Å²) in [5.41, 5.74) is 6.22. The van der Waals surface area contributed by atoms with Gasteiger partial charge in [-0.05, 0) is 0 Å². The summed E-state index contributed by atoms with van der Waals surface area (Å²) in [4.78, 5) is 12.1. The van der Waals surface area contributed by atoms with E-state index >= 15 is 0 Å². The molecule has 0 unspecified atom stereocenters. The molecule has 0 spiro atoms. The van der Waals surface area contributed by atoms with Crippen molar-refractivity contribution in [2.24, 2.45) is 4.99 Å². The third-order valence-electron chi connectivity index (χ3n) is 1.51. The maximum absolute atomic E-state index is 8.45. The van der Waals surface area contributed by atoms with Crippen LogP contribution in [0, 0.1) is 11.3 Å². The van der Waals surface area contributed by atoms with Gasteiger partial charge in [0.05, 0.1) is 11.8 Å². The molecule has 2 heterocycles. The van der Waals surface area contributed by atoms with Gasteiger partial charge < -0.3 is 0 Å². The minimum atomic E-state index is 0.354. The van der Waals surface area contributed by atoms with Gasteiger partial charge in [-0.15, -0.1) is 0 Å². The minimum Gasteiger partial charge on any atom is -0.289 e. The summed E-state index contributed by atoms with van der Waals surface area (Å²) in [5.74, 6) is 0.981. The molecule has 14 heavy (non-hydrogen) atoms. The number of nitrogens with one attached hydrogen (secondary N) is 2. The third-order valence-corrected chi connectivity index (χ3v) is 2.36. The number of hydrazine groups is 1. The summed E-state index contributed by atoms with van der Waals surface area (Å²) < 4.78 is 0. The standard InChI is InChI=1S/C7H6N6S/c8-1-2-14-7-5-6(10-3-11-7)13-12-4-9-5/h3-4H,2H2,(H,9,12)(H,10,11,13). The van der Waals surface area contributed by atoms with Crippen LogP contribution in [0.3, 0.4) is 0 Å². The Balaban J connectivity index is 2.33. The van der Waals surface area contributed by atoms with Crippen LogP contribution >= 0.6 is 11.8 Å². The second kappa shape index (κ2) is 3.93. The number of fused-ring (bicyclic) bond motifs is 1. The van der Waals surface area contributed by atoms with Crippen molar-refractivity contribution < 1.29 is 0 Å². The van der Waals surface area contributed by atoms with E-state index in [4.69, 9.17) is 5.26 Å². The molecule has 0 aromatic carbocycles. The van der Waals surface area contributed by atoms with Gasteiger partial charge in [0.1, 0.15) is 23.4 Å². The predicted molar refractivity (Wildman–Crippen MR) is 53.3 cm³/mol. The van der Waals surface area contributed by atoms with Crippen molar-refractivity contribution in [3.05, 3.63) is 6.33 Å². The summed E-state index contributed by atoms with van der Waals surface area (Å²) in [5, 5.41) is 9.16. The molecule has 1 aromatic heterocycles. The second-order valence-electron chi connectivity index (χ2n) is 2.35. The van der Waals surface area contributed by atoms with Crippen LogP contribution in [0.2, 0.25) is 0 Å². The number of hydrogen-bond donors (Lipinski definition) is 2. The summed E-state index contributed by atoms with van der Waals surface area (Å²) in [6, 6.07) is 2.04. The summed E-state index contributed by atoms with van der Waals surface area (Å²) in [6.07, 6.45) is 2.95. The van der Waals surface area contributed by atoms with E-state index in [9.17, 15) is 0 Å². The molecular formula is C7H6N6S. The molecule has 0 radical (unpaired) electrons. The van der Waals surface area contributed by atoms with Gasteiger partial charge in [0, 0.05) is 0 Å². The monoisotopic (exact) mass is 206 g/mol. The van der Waals surface area contributed by atoms with Gasteiger partial charge in [0.25, 0.3) is 0 Å². The lowest BCUT2D eigenvalue weighted by Gasteiger charge is -2.13. The Morgan fingerprint density at radius 3 is 3.29 bits per heavy atom. The number of aliphatic imine (C=N–C) groups is 1. The molecule has 0 saturated heterocycles. The summed E-state index contributed by atoms with van der Waals surface area (Å²) in [7, 11) is 0. The van der Waals surface area contributed by atoms with Crippen molar-refractivity contribution >= 4 is 29.6 Å². The van der Waals surface area contributed by atoms with E-state index in [1.54, 1.807) is 0 Å². The Labute approximate surface area is 84.4 Å². The predicted octanol–water partition coefficient (Wildman–Crippen LogP) is 0.682. The zero-order valence-corrected chi connectivity index (χ0v) is 7.88. The van der Waals surface area contributed by atoms with Crippen LogP contribution in [-0.4, -0.2) is 22.1 Å². The largest absolute Gasteiger partial charge is 0.289 e. The number of rotatable bonds is 2. The van der Waals surface area contributed by atoms with Crippen molar-refractivity contribution in [3.8, 4) is 6.07 Å². The van der Waals surface area contributed by atoms with Gasteiger partial charge in [0.2, 0.25) is 0 Å². The van der Waals surface area contributed by atoms with Crippen LogP contribution in [0.5, 0.6) is 0 Å². The van der Waals surface area contributed by atoms with E-state index in [-0.39, 0.29) is 0 Å². The first-order valence-corrected chi connectivity index (χ1v) is 4.79. The highest BCUT2D eigenvalue weighted by Gasteiger charge is 2.12. The lowest BCUT2D eigenvalue weighted by Crippen LogP contribution is -2.23. The van der Waals surface area contributed by atoms with Gasteiger partial charge in [-0.3, -0.25) is 10.9 Å². The zero-order chi connectivity index (χ0) is 9.80. The van der Waals surface area contributed by atoms with Crippen LogP contribution < -0.4 is 10.9 Å². The first-order valence-electron chi connectivity index (χ1n) is 3.80. The molecule has 7 heteroatoms. The number of anilines is 1. The van der Waals surface area contributed by atoms with Crippen molar-refractivity contribution in [2.75, 3.05) is 11.2 Å². The van der Waals surface area contributed by atoms with Crippen LogP contribution in [0.4, 0.5) is 11.5 Å². The first kappa shape index (κ1) is 8.77.